The van der Waals surface area contributed by atoms with Crippen molar-refractivity contribution in [2.24, 2.45) is 0 Å². The van der Waals surface area contributed by atoms with Gasteiger partial charge in [0.15, 0.2) is 0 Å². The van der Waals surface area contributed by atoms with Crippen LogP contribution in [0.4, 0.5) is 17.1 Å². The van der Waals surface area contributed by atoms with Crippen molar-refractivity contribution in [2.45, 2.75) is 0 Å². The van der Waals surface area contributed by atoms with Gasteiger partial charge in [0.25, 0.3) is 0 Å². The number of benzene rings is 4. The van der Waals surface area contributed by atoms with Gasteiger partial charge in [0.2, 0.25) is 0 Å². The zero-order valence-corrected chi connectivity index (χ0v) is 18.6. The summed E-state index contributed by atoms with van der Waals surface area (Å²) < 4.78 is 0. The summed E-state index contributed by atoms with van der Waals surface area (Å²) in [6.07, 6.45) is 1.86. The SMILES string of the molecule is [Ir].[c-]1cc(N(c2ccccc2)c2ccccc2)ccc1-c1nccc2ccccc12. The first-order valence-electron chi connectivity index (χ1n) is 9.66. The van der Waals surface area contributed by atoms with E-state index in [0.29, 0.717) is 0 Å². The van der Waals surface area contributed by atoms with Crippen molar-refractivity contribution in [3.8, 4) is 11.3 Å². The zero-order valence-electron chi connectivity index (χ0n) is 16.2. The Hall–Kier alpha value is -3.26. The third kappa shape index (κ3) is 3.91. The maximum Gasteiger partial charge on any atom is 0.0371 e. The third-order valence-corrected chi connectivity index (χ3v) is 5.01. The molecule has 5 aromatic rings. The number of pyridine rings is 1. The van der Waals surface area contributed by atoms with Gasteiger partial charge in [-0.25, -0.2) is 0 Å². The predicted molar refractivity (Wildman–Crippen MR) is 121 cm³/mol. The van der Waals surface area contributed by atoms with Crippen LogP contribution in [0.15, 0.2) is 115 Å². The number of rotatable bonds is 4. The third-order valence-electron chi connectivity index (χ3n) is 5.01. The van der Waals surface area contributed by atoms with Gasteiger partial charge in [0.05, 0.1) is 0 Å². The van der Waals surface area contributed by atoms with Crippen molar-refractivity contribution in [2.75, 3.05) is 4.90 Å². The summed E-state index contributed by atoms with van der Waals surface area (Å²) in [5, 5.41) is 2.33. The summed E-state index contributed by atoms with van der Waals surface area (Å²) in [7, 11) is 0. The van der Waals surface area contributed by atoms with E-state index in [1.54, 1.807) is 0 Å². The molecule has 147 valence electrons. The van der Waals surface area contributed by atoms with Gasteiger partial charge < -0.3 is 9.88 Å². The van der Waals surface area contributed by atoms with Crippen molar-refractivity contribution >= 4 is 27.8 Å². The van der Waals surface area contributed by atoms with Gasteiger partial charge in [0.1, 0.15) is 0 Å². The minimum Gasteiger partial charge on any atom is -0.352 e. The summed E-state index contributed by atoms with van der Waals surface area (Å²) in [6, 6.07) is 40.9. The van der Waals surface area contributed by atoms with Gasteiger partial charge in [-0.3, -0.25) is 0 Å². The largest absolute Gasteiger partial charge is 0.352 e. The van der Waals surface area contributed by atoms with E-state index >= 15 is 0 Å². The van der Waals surface area contributed by atoms with E-state index in [9.17, 15) is 0 Å². The fraction of sp³-hybridized carbons (Fsp3) is 0. The Kier molecular flexibility index (Phi) is 6.04. The van der Waals surface area contributed by atoms with Gasteiger partial charge in [-0.05, 0) is 52.5 Å². The molecule has 4 aromatic carbocycles. The van der Waals surface area contributed by atoms with Crippen molar-refractivity contribution in [1.29, 1.82) is 0 Å². The van der Waals surface area contributed by atoms with Gasteiger partial charge in [-0.2, -0.15) is 0 Å². The molecule has 5 rings (SSSR count). The molecule has 1 aromatic heterocycles. The number of hydrogen-bond donors (Lipinski definition) is 0. The molecule has 2 nitrogen and oxygen atoms in total. The van der Waals surface area contributed by atoms with Crippen molar-refractivity contribution in [3.63, 3.8) is 0 Å². The van der Waals surface area contributed by atoms with E-state index in [-0.39, 0.29) is 20.1 Å². The van der Waals surface area contributed by atoms with Gasteiger partial charge in [-0.15, -0.1) is 29.8 Å². The van der Waals surface area contributed by atoms with Crippen LogP contribution in [0.3, 0.4) is 0 Å². The fourth-order valence-electron chi connectivity index (χ4n) is 3.64. The summed E-state index contributed by atoms with van der Waals surface area (Å²) in [4.78, 5) is 6.86. The molecule has 0 aliphatic carbocycles. The van der Waals surface area contributed by atoms with Gasteiger partial charge in [0, 0.05) is 37.7 Å². The molecule has 3 heteroatoms. The second-order valence-electron chi connectivity index (χ2n) is 6.85. The van der Waals surface area contributed by atoms with Crippen LogP contribution in [0.1, 0.15) is 0 Å². The molecule has 0 atom stereocenters. The number of hydrogen-bond acceptors (Lipinski definition) is 2. The standard InChI is InChI=1S/C27H19N2.Ir/c1-3-10-23(11-4-1)29(24-12-5-2-6-13-24)25-17-15-22(16-18-25)27-26-14-8-7-9-21(26)19-20-28-27;/h1-15,17-20H;/q-1;. The molecule has 0 aliphatic heterocycles. The summed E-state index contributed by atoms with van der Waals surface area (Å²) in [6.45, 7) is 0. The van der Waals surface area contributed by atoms with Crippen LogP contribution < -0.4 is 4.90 Å². The molecule has 0 aliphatic rings. The van der Waals surface area contributed by atoms with E-state index in [1.165, 1.54) is 5.39 Å². The second-order valence-corrected chi connectivity index (χ2v) is 6.85. The van der Waals surface area contributed by atoms with E-state index in [4.69, 9.17) is 0 Å². The first kappa shape index (κ1) is 20.0. The number of anilines is 3. The van der Waals surface area contributed by atoms with Crippen LogP contribution in [0, 0.1) is 6.07 Å². The zero-order chi connectivity index (χ0) is 19.5. The van der Waals surface area contributed by atoms with Crippen molar-refractivity contribution in [3.05, 3.63) is 121 Å². The molecule has 0 N–H and O–H groups in total. The summed E-state index contributed by atoms with van der Waals surface area (Å²) in [5.74, 6) is 0. The molecule has 1 radical (unpaired) electrons. The van der Waals surface area contributed by atoms with E-state index in [0.717, 1.165) is 33.7 Å². The Morgan fingerprint density at radius 2 is 1.23 bits per heavy atom. The monoisotopic (exact) mass is 564 g/mol. The Labute approximate surface area is 190 Å². The average molecular weight is 564 g/mol. The van der Waals surface area contributed by atoms with E-state index in [2.05, 4.69) is 101 Å². The van der Waals surface area contributed by atoms with E-state index in [1.807, 2.05) is 30.5 Å². The maximum absolute atomic E-state index is 4.62. The van der Waals surface area contributed by atoms with Crippen LogP contribution in [0.2, 0.25) is 0 Å². The summed E-state index contributed by atoms with van der Waals surface area (Å²) in [5.41, 5.74) is 5.24. The number of para-hydroxylation sites is 2. The Morgan fingerprint density at radius 1 is 0.600 bits per heavy atom. The van der Waals surface area contributed by atoms with Crippen LogP contribution >= 0.6 is 0 Å². The molecule has 0 spiro atoms. The minimum absolute atomic E-state index is 0. The normalized spacial score (nSPS) is 10.4. The summed E-state index contributed by atoms with van der Waals surface area (Å²) >= 11 is 0. The smallest absolute Gasteiger partial charge is 0.0371 e. The Balaban J connectivity index is 0.00000218. The molecule has 0 bridgehead atoms. The molecular weight excluding hydrogens is 545 g/mol. The predicted octanol–water partition coefficient (Wildman–Crippen LogP) is 7.17. The van der Waals surface area contributed by atoms with Crippen molar-refractivity contribution in [1.82, 2.24) is 4.98 Å². The molecule has 30 heavy (non-hydrogen) atoms. The van der Waals surface area contributed by atoms with Crippen LogP contribution in [0.25, 0.3) is 22.0 Å². The molecule has 0 saturated carbocycles. The maximum atomic E-state index is 4.62. The average Bonchev–Trinajstić information content (AvgIpc) is 2.81. The Morgan fingerprint density at radius 3 is 1.87 bits per heavy atom. The van der Waals surface area contributed by atoms with Gasteiger partial charge in [-0.1, -0.05) is 60.7 Å². The minimum atomic E-state index is 0. The molecule has 0 amide bonds. The van der Waals surface area contributed by atoms with Crippen LogP contribution in [-0.2, 0) is 20.1 Å². The first-order valence-corrected chi connectivity index (χ1v) is 9.66. The van der Waals surface area contributed by atoms with Crippen molar-refractivity contribution < 1.29 is 20.1 Å². The fourth-order valence-corrected chi connectivity index (χ4v) is 3.64. The molecule has 0 saturated heterocycles. The molecule has 0 unspecified atom stereocenters. The first-order chi connectivity index (χ1) is 14.4. The molecule has 1 heterocycles. The van der Waals surface area contributed by atoms with E-state index < -0.39 is 0 Å². The number of fused-ring (bicyclic) bond motifs is 1. The van der Waals surface area contributed by atoms with Gasteiger partial charge >= 0.3 is 0 Å². The number of nitrogens with zero attached hydrogens (tertiary/aromatic N) is 2. The molecule has 0 fully saturated rings. The number of aromatic nitrogens is 1. The van der Waals surface area contributed by atoms with Crippen LogP contribution in [0.5, 0.6) is 0 Å². The van der Waals surface area contributed by atoms with Crippen LogP contribution in [-0.4, -0.2) is 4.98 Å². The second kappa shape index (κ2) is 9.04. The quantitative estimate of drug-likeness (QED) is 0.216. The Bertz CT molecular complexity index is 1190. The molecular formula is C27H19IrN2-. The topological polar surface area (TPSA) is 16.1 Å².